The topological polar surface area (TPSA) is 67.4 Å². The van der Waals surface area contributed by atoms with Crippen LogP contribution in [0.4, 0.5) is 0 Å². The Kier molecular flexibility index (Phi) is 6.40. The number of rotatable bonds is 5. The largest absolute Gasteiger partial charge is 0.483 e. The van der Waals surface area contributed by atoms with Gasteiger partial charge in [0.1, 0.15) is 5.75 Å². The summed E-state index contributed by atoms with van der Waals surface area (Å²) in [5.41, 5.74) is 6.19. The molecule has 2 rings (SSSR count). The highest BCUT2D eigenvalue weighted by Gasteiger charge is 2.05. The fourth-order valence-electron chi connectivity index (χ4n) is 1.85. The summed E-state index contributed by atoms with van der Waals surface area (Å²) < 4.78 is 5.38. The summed E-state index contributed by atoms with van der Waals surface area (Å²) in [5.74, 6) is -0.311. The molecule has 6 heteroatoms. The zero-order valence-corrected chi connectivity index (χ0v) is 13.8. The molecule has 2 aromatic carbocycles. The minimum atomic E-state index is -0.473. The van der Waals surface area contributed by atoms with E-state index < -0.39 is 11.8 Å². The lowest BCUT2D eigenvalue weighted by atomic mass is 10.2. The quantitative estimate of drug-likeness (QED) is 0.647. The predicted molar refractivity (Wildman–Crippen MR) is 93.4 cm³/mol. The minimum Gasteiger partial charge on any atom is -0.483 e. The maximum atomic E-state index is 11.7. The molecule has 0 aliphatic heterocycles. The number of aryl methyl sites for hydroxylation is 1. The number of nitrogens with one attached hydrogen (secondary N) is 2. The Labute approximate surface area is 145 Å². The van der Waals surface area contributed by atoms with Gasteiger partial charge in [-0.15, -0.1) is 0 Å². The van der Waals surface area contributed by atoms with E-state index >= 15 is 0 Å². The van der Waals surface area contributed by atoms with E-state index in [1.807, 2.05) is 31.2 Å². The molecular weight excluding hydrogens is 328 g/mol. The van der Waals surface area contributed by atoms with Crippen molar-refractivity contribution in [3.8, 4) is 5.75 Å². The van der Waals surface area contributed by atoms with Crippen molar-refractivity contribution in [3.05, 3.63) is 70.8 Å². The first-order chi connectivity index (χ1) is 11.6. The Morgan fingerprint density at radius 3 is 2.54 bits per heavy atom. The van der Waals surface area contributed by atoms with Crippen molar-refractivity contribution < 1.29 is 14.3 Å². The van der Waals surface area contributed by atoms with Crippen LogP contribution in [0, 0.1) is 6.92 Å². The van der Waals surface area contributed by atoms with Crippen LogP contribution in [-0.2, 0) is 9.59 Å². The van der Waals surface area contributed by atoms with Crippen LogP contribution in [0.15, 0.2) is 54.6 Å². The number of carbonyl (C=O) groups excluding carboxylic acids is 2. The molecule has 2 amide bonds. The van der Waals surface area contributed by atoms with Crippen molar-refractivity contribution in [1.29, 1.82) is 0 Å². The number of ether oxygens (including phenoxy) is 1. The van der Waals surface area contributed by atoms with Gasteiger partial charge in [-0.2, -0.15) is 0 Å². The highest BCUT2D eigenvalue weighted by atomic mass is 35.5. The second-order valence-corrected chi connectivity index (χ2v) is 5.35. The number of hydrogen-bond acceptors (Lipinski definition) is 3. The number of hydrogen-bond donors (Lipinski definition) is 2. The highest BCUT2D eigenvalue weighted by Crippen LogP contribution is 2.16. The van der Waals surface area contributed by atoms with Crippen LogP contribution in [-0.4, -0.2) is 18.4 Å². The standard InChI is InChI=1S/C18H17ClN2O3/c1-13-6-2-5-9-16(13)24-12-18(23)21-20-17(22)11-10-14-7-3-4-8-15(14)19/h2-11H,12H2,1H3,(H,20,22)(H,21,23)/b11-10+. The number of hydrazine groups is 1. The third-order valence-electron chi connectivity index (χ3n) is 3.10. The van der Waals surface area contributed by atoms with Crippen molar-refractivity contribution >= 4 is 29.5 Å². The molecule has 0 spiro atoms. The lowest BCUT2D eigenvalue weighted by Crippen LogP contribution is -2.43. The molecule has 0 radical (unpaired) electrons. The van der Waals surface area contributed by atoms with Gasteiger partial charge in [0.2, 0.25) is 0 Å². The van der Waals surface area contributed by atoms with Gasteiger partial charge in [0.25, 0.3) is 11.8 Å². The van der Waals surface area contributed by atoms with E-state index in [-0.39, 0.29) is 6.61 Å². The molecule has 124 valence electrons. The molecule has 2 aromatic rings. The molecular formula is C18H17ClN2O3. The summed E-state index contributed by atoms with van der Waals surface area (Å²) in [5, 5.41) is 0.539. The normalized spacial score (nSPS) is 10.4. The molecule has 0 bridgehead atoms. The molecule has 0 unspecified atom stereocenters. The lowest BCUT2D eigenvalue weighted by molar-refractivity contribution is -0.128. The summed E-state index contributed by atoms with van der Waals surface area (Å²) >= 11 is 5.98. The second-order valence-electron chi connectivity index (χ2n) is 4.95. The van der Waals surface area contributed by atoms with Crippen LogP contribution < -0.4 is 15.6 Å². The minimum absolute atomic E-state index is 0.195. The number of carbonyl (C=O) groups is 2. The van der Waals surface area contributed by atoms with Crippen molar-refractivity contribution in [2.45, 2.75) is 6.92 Å². The van der Waals surface area contributed by atoms with E-state index in [1.54, 1.807) is 30.3 Å². The van der Waals surface area contributed by atoms with Crippen molar-refractivity contribution in [3.63, 3.8) is 0 Å². The number of halogens is 1. The van der Waals surface area contributed by atoms with E-state index in [0.29, 0.717) is 16.3 Å². The fraction of sp³-hybridized carbons (Fsp3) is 0.111. The van der Waals surface area contributed by atoms with Gasteiger partial charge >= 0.3 is 0 Å². The molecule has 0 saturated carbocycles. The average Bonchev–Trinajstić information content (AvgIpc) is 2.58. The maximum Gasteiger partial charge on any atom is 0.276 e. The van der Waals surface area contributed by atoms with E-state index in [2.05, 4.69) is 10.9 Å². The van der Waals surface area contributed by atoms with E-state index in [9.17, 15) is 9.59 Å². The average molecular weight is 345 g/mol. The van der Waals surface area contributed by atoms with E-state index in [4.69, 9.17) is 16.3 Å². The predicted octanol–water partition coefficient (Wildman–Crippen LogP) is 2.89. The molecule has 2 N–H and O–H groups in total. The third kappa shape index (κ3) is 5.44. The van der Waals surface area contributed by atoms with Crippen LogP contribution in [0.2, 0.25) is 5.02 Å². The number of benzene rings is 2. The van der Waals surface area contributed by atoms with Gasteiger partial charge in [-0.25, -0.2) is 0 Å². The van der Waals surface area contributed by atoms with Crippen molar-refractivity contribution in [2.24, 2.45) is 0 Å². The molecule has 5 nitrogen and oxygen atoms in total. The number of amides is 2. The van der Waals surface area contributed by atoms with Crippen LogP contribution >= 0.6 is 11.6 Å². The van der Waals surface area contributed by atoms with E-state index in [0.717, 1.165) is 5.56 Å². The Bertz CT molecular complexity index is 759. The Morgan fingerprint density at radius 2 is 1.79 bits per heavy atom. The first-order valence-corrected chi connectivity index (χ1v) is 7.64. The second kappa shape index (κ2) is 8.74. The SMILES string of the molecule is Cc1ccccc1OCC(=O)NNC(=O)/C=C/c1ccccc1Cl. The molecule has 0 atom stereocenters. The molecule has 0 aromatic heterocycles. The smallest absolute Gasteiger partial charge is 0.276 e. The summed E-state index contributed by atoms with van der Waals surface area (Å²) in [6.07, 6.45) is 2.84. The molecule has 0 heterocycles. The fourth-order valence-corrected chi connectivity index (χ4v) is 2.05. The van der Waals surface area contributed by atoms with Gasteiger partial charge in [0.15, 0.2) is 6.61 Å². The van der Waals surface area contributed by atoms with Crippen LogP contribution in [0.5, 0.6) is 5.75 Å². The summed E-state index contributed by atoms with van der Waals surface area (Å²) in [4.78, 5) is 23.3. The zero-order valence-electron chi connectivity index (χ0n) is 13.1. The lowest BCUT2D eigenvalue weighted by Gasteiger charge is -2.09. The van der Waals surface area contributed by atoms with Crippen LogP contribution in [0.3, 0.4) is 0 Å². The van der Waals surface area contributed by atoms with Crippen molar-refractivity contribution in [2.75, 3.05) is 6.61 Å². The van der Waals surface area contributed by atoms with Crippen LogP contribution in [0.1, 0.15) is 11.1 Å². The monoisotopic (exact) mass is 344 g/mol. The Morgan fingerprint density at radius 1 is 1.08 bits per heavy atom. The molecule has 0 aliphatic rings. The van der Waals surface area contributed by atoms with Gasteiger partial charge < -0.3 is 4.74 Å². The van der Waals surface area contributed by atoms with Gasteiger partial charge in [-0.05, 0) is 36.3 Å². The zero-order chi connectivity index (χ0) is 17.4. The van der Waals surface area contributed by atoms with E-state index in [1.165, 1.54) is 6.08 Å². The highest BCUT2D eigenvalue weighted by molar-refractivity contribution is 6.32. The molecule has 24 heavy (non-hydrogen) atoms. The Hall–Kier alpha value is -2.79. The van der Waals surface area contributed by atoms with Gasteiger partial charge in [-0.3, -0.25) is 20.4 Å². The number of para-hydroxylation sites is 1. The van der Waals surface area contributed by atoms with Gasteiger partial charge in [0, 0.05) is 11.1 Å². The van der Waals surface area contributed by atoms with Gasteiger partial charge in [0.05, 0.1) is 0 Å². The first-order valence-electron chi connectivity index (χ1n) is 7.26. The molecule has 0 fully saturated rings. The van der Waals surface area contributed by atoms with Gasteiger partial charge in [-0.1, -0.05) is 48.0 Å². The summed E-state index contributed by atoms with van der Waals surface area (Å²) in [6.45, 7) is 1.69. The summed E-state index contributed by atoms with van der Waals surface area (Å²) in [6, 6.07) is 14.5. The van der Waals surface area contributed by atoms with Crippen molar-refractivity contribution in [1.82, 2.24) is 10.9 Å². The molecule has 0 saturated heterocycles. The Balaban J connectivity index is 1.76. The maximum absolute atomic E-state index is 11.7. The third-order valence-corrected chi connectivity index (χ3v) is 3.44. The summed E-state index contributed by atoms with van der Waals surface area (Å²) in [7, 11) is 0. The van der Waals surface area contributed by atoms with Crippen LogP contribution in [0.25, 0.3) is 6.08 Å². The first kappa shape index (κ1) is 17.6. The molecule has 0 aliphatic carbocycles.